The van der Waals surface area contributed by atoms with Gasteiger partial charge in [0.15, 0.2) is 0 Å². The molecule has 1 rings (SSSR count). The van der Waals surface area contributed by atoms with Crippen LogP contribution in [0.25, 0.3) is 0 Å². The topological polar surface area (TPSA) is 79.0 Å². The molecule has 0 saturated heterocycles. The average molecular weight is 258 g/mol. The van der Waals surface area contributed by atoms with Crippen LogP contribution in [0.3, 0.4) is 0 Å². The van der Waals surface area contributed by atoms with Gasteiger partial charge in [-0.1, -0.05) is 32.5 Å². The number of hydrazone groups is 1. The van der Waals surface area contributed by atoms with Gasteiger partial charge in [-0.25, -0.2) is 15.9 Å². The first-order chi connectivity index (χ1) is 7.70. The molecule has 0 aromatic heterocycles. The number of amides is 2. The van der Waals surface area contributed by atoms with Crippen molar-refractivity contribution in [2.45, 2.75) is 33.7 Å². The number of hydrazine groups is 1. The van der Waals surface area contributed by atoms with Crippen molar-refractivity contribution in [3.05, 3.63) is 0 Å². The standard InChI is InChI=1S/C10H18N4O2S/c1-6(15)14-7(10(2,3)4)8(16)13(11)9(12-14)17-5/h7H,11H2,1-5H3. The molecule has 0 radical (unpaired) electrons. The second-order valence-corrected chi connectivity index (χ2v) is 5.70. The third-order valence-electron chi connectivity index (χ3n) is 2.44. The van der Waals surface area contributed by atoms with Gasteiger partial charge in [-0.2, -0.15) is 0 Å². The quantitative estimate of drug-likeness (QED) is 0.510. The van der Waals surface area contributed by atoms with Crippen molar-refractivity contribution < 1.29 is 9.59 Å². The number of carbonyl (C=O) groups excluding carboxylic acids is 2. The summed E-state index contributed by atoms with van der Waals surface area (Å²) in [6.45, 7) is 7.01. The predicted molar refractivity (Wildman–Crippen MR) is 67.7 cm³/mol. The molecule has 2 amide bonds. The molecule has 1 atom stereocenters. The van der Waals surface area contributed by atoms with E-state index in [2.05, 4.69) is 5.10 Å². The molecule has 2 N–H and O–H groups in total. The molecule has 0 aliphatic carbocycles. The van der Waals surface area contributed by atoms with E-state index in [1.807, 2.05) is 20.8 Å². The van der Waals surface area contributed by atoms with E-state index in [0.29, 0.717) is 5.17 Å². The van der Waals surface area contributed by atoms with E-state index in [1.54, 1.807) is 6.26 Å². The van der Waals surface area contributed by atoms with E-state index in [4.69, 9.17) is 5.84 Å². The van der Waals surface area contributed by atoms with Crippen LogP contribution in [-0.4, -0.2) is 39.3 Å². The van der Waals surface area contributed by atoms with E-state index < -0.39 is 11.5 Å². The molecule has 0 spiro atoms. The molecular weight excluding hydrogens is 240 g/mol. The Balaban J connectivity index is 3.25. The highest BCUT2D eigenvalue weighted by Crippen LogP contribution is 2.29. The van der Waals surface area contributed by atoms with E-state index in [9.17, 15) is 9.59 Å². The second-order valence-electron chi connectivity index (χ2n) is 4.93. The van der Waals surface area contributed by atoms with Crippen LogP contribution in [-0.2, 0) is 9.59 Å². The highest BCUT2D eigenvalue weighted by Gasteiger charge is 2.44. The van der Waals surface area contributed by atoms with Crippen molar-refractivity contribution in [3.8, 4) is 0 Å². The van der Waals surface area contributed by atoms with E-state index >= 15 is 0 Å². The van der Waals surface area contributed by atoms with Gasteiger partial charge in [0.1, 0.15) is 6.04 Å². The molecule has 96 valence electrons. The van der Waals surface area contributed by atoms with Gasteiger partial charge in [0.2, 0.25) is 11.1 Å². The van der Waals surface area contributed by atoms with Crippen molar-refractivity contribution >= 4 is 28.7 Å². The Morgan fingerprint density at radius 1 is 1.47 bits per heavy atom. The molecule has 0 saturated carbocycles. The molecule has 1 aliphatic rings. The summed E-state index contributed by atoms with van der Waals surface area (Å²) in [5.41, 5.74) is -0.423. The molecule has 1 unspecified atom stereocenters. The van der Waals surface area contributed by atoms with Gasteiger partial charge < -0.3 is 0 Å². The van der Waals surface area contributed by atoms with Gasteiger partial charge in [-0.15, -0.1) is 5.10 Å². The van der Waals surface area contributed by atoms with Crippen LogP contribution in [0.1, 0.15) is 27.7 Å². The number of hydrogen-bond acceptors (Lipinski definition) is 5. The van der Waals surface area contributed by atoms with Crippen LogP contribution >= 0.6 is 11.8 Å². The molecule has 7 heteroatoms. The fraction of sp³-hybridized carbons (Fsp3) is 0.700. The Kier molecular flexibility index (Phi) is 3.83. The number of carbonyl (C=O) groups is 2. The Morgan fingerprint density at radius 3 is 2.35 bits per heavy atom. The maximum absolute atomic E-state index is 12.2. The summed E-state index contributed by atoms with van der Waals surface area (Å²) >= 11 is 1.23. The minimum atomic E-state index is -0.666. The first-order valence-corrected chi connectivity index (χ1v) is 6.43. The monoisotopic (exact) mass is 258 g/mol. The summed E-state index contributed by atoms with van der Waals surface area (Å²) in [4.78, 5) is 23.7. The third-order valence-corrected chi connectivity index (χ3v) is 3.08. The molecule has 1 aliphatic heterocycles. The minimum Gasteiger partial charge on any atom is -0.273 e. The summed E-state index contributed by atoms with van der Waals surface area (Å²) in [7, 11) is 0. The first kappa shape index (κ1) is 14.0. The van der Waals surface area contributed by atoms with Crippen LogP contribution in [0.4, 0.5) is 0 Å². The highest BCUT2D eigenvalue weighted by molar-refractivity contribution is 8.13. The molecule has 0 bridgehead atoms. The number of nitrogens with zero attached hydrogens (tertiary/aromatic N) is 3. The van der Waals surface area contributed by atoms with Crippen LogP contribution in [0, 0.1) is 5.41 Å². The SMILES string of the molecule is CSC1=NN(C(C)=O)C(C(C)(C)C)C(=O)N1N. The highest BCUT2D eigenvalue weighted by atomic mass is 32.2. The maximum Gasteiger partial charge on any atom is 0.268 e. The molecule has 17 heavy (non-hydrogen) atoms. The van der Waals surface area contributed by atoms with Gasteiger partial charge in [-0.05, 0) is 11.7 Å². The lowest BCUT2D eigenvalue weighted by Crippen LogP contribution is -2.61. The molecule has 6 nitrogen and oxygen atoms in total. The lowest BCUT2D eigenvalue weighted by atomic mass is 9.85. The lowest BCUT2D eigenvalue weighted by Gasteiger charge is -2.40. The zero-order valence-corrected chi connectivity index (χ0v) is 11.5. The summed E-state index contributed by atoms with van der Waals surface area (Å²) in [6, 6.07) is -0.666. The smallest absolute Gasteiger partial charge is 0.268 e. The Labute approximate surface area is 105 Å². The average Bonchev–Trinajstić information content (AvgIpc) is 2.19. The van der Waals surface area contributed by atoms with Crippen LogP contribution in [0.15, 0.2) is 5.10 Å². The van der Waals surface area contributed by atoms with Crippen molar-refractivity contribution in [1.82, 2.24) is 10.0 Å². The molecule has 0 fully saturated rings. The van der Waals surface area contributed by atoms with E-state index in [0.717, 1.165) is 5.01 Å². The summed E-state index contributed by atoms with van der Waals surface area (Å²) in [6.07, 6.45) is 1.75. The molecule has 0 aromatic carbocycles. The Morgan fingerprint density at radius 2 is 2.00 bits per heavy atom. The van der Waals surface area contributed by atoms with Crippen molar-refractivity contribution in [2.75, 3.05) is 6.26 Å². The van der Waals surface area contributed by atoms with E-state index in [-0.39, 0.29) is 11.8 Å². The molecule has 1 heterocycles. The number of hydrogen-bond donors (Lipinski definition) is 1. The number of amidine groups is 1. The van der Waals surface area contributed by atoms with Crippen molar-refractivity contribution in [2.24, 2.45) is 16.4 Å². The van der Waals surface area contributed by atoms with Gasteiger partial charge in [0.25, 0.3) is 5.91 Å². The summed E-state index contributed by atoms with van der Waals surface area (Å²) in [5.74, 6) is 5.10. The van der Waals surface area contributed by atoms with Crippen molar-refractivity contribution in [1.29, 1.82) is 0 Å². The number of rotatable bonds is 0. The maximum atomic E-state index is 12.2. The minimum absolute atomic E-state index is 0.266. The predicted octanol–water partition coefficient (Wildman–Crippen LogP) is 0.600. The van der Waals surface area contributed by atoms with Crippen molar-refractivity contribution in [3.63, 3.8) is 0 Å². The third kappa shape index (κ3) is 2.61. The fourth-order valence-corrected chi connectivity index (χ4v) is 2.11. The van der Waals surface area contributed by atoms with Gasteiger partial charge >= 0.3 is 0 Å². The van der Waals surface area contributed by atoms with Crippen LogP contribution < -0.4 is 5.84 Å². The summed E-state index contributed by atoms with van der Waals surface area (Å²) in [5, 5.41) is 6.68. The normalized spacial score (nSPS) is 21.6. The summed E-state index contributed by atoms with van der Waals surface area (Å²) < 4.78 is 0. The first-order valence-electron chi connectivity index (χ1n) is 5.21. The number of thioether (sulfide) groups is 1. The van der Waals surface area contributed by atoms with Gasteiger partial charge in [-0.3, -0.25) is 9.59 Å². The zero-order chi connectivity index (χ0) is 13.4. The van der Waals surface area contributed by atoms with Crippen LogP contribution in [0.2, 0.25) is 0 Å². The fourth-order valence-electron chi connectivity index (χ4n) is 1.66. The van der Waals surface area contributed by atoms with Gasteiger partial charge in [0, 0.05) is 6.92 Å². The second kappa shape index (κ2) is 4.66. The molecule has 0 aromatic rings. The number of nitrogens with two attached hydrogens (primary N) is 1. The zero-order valence-electron chi connectivity index (χ0n) is 10.7. The Hall–Kier alpha value is -1.08. The van der Waals surface area contributed by atoms with E-state index in [1.165, 1.54) is 23.7 Å². The lowest BCUT2D eigenvalue weighted by molar-refractivity contribution is -0.149. The molecular formula is C10H18N4O2S. The Bertz CT molecular complexity index is 375. The van der Waals surface area contributed by atoms with Gasteiger partial charge in [0.05, 0.1) is 0 Å². The van der Waals surface area contributed by atoms with Crippen LogP contribution in [0.5, 0.6) is 0 Å². The largest absolute Gasteiger partial charge is 0.273 e.